The molecular weight excluding hydrogens is 214 g/mol. The van der Waals surface area contributed by atoms with Crippen LogP contribution in [0.1, 0.15) is 39.4 Å². The van der Waals surface area contributed by atoms with E-state index in [0.717, 1.165) is 11.6 Å². The summed E-state index contributed by atoms with van der Waals surface area (Å²) in [4.78, 5) is 11.3. The quantitative estimate of drug-likeness (QED) is 0.616. The normalized spacial score (nSPS) is 15.8. The van der Waals surface area contributed by atoms with Crippen LogP contribution in [0.3, 0.4) is 0 Å². The fourth-order valence-corrected chi connectivity index (χ4v) is 1.67. The third kappa shape index (κ3) is 2.66. The highest BCUT2D eigenvalue weighted by atomic mass is 15.3. The van der Waals surface area contributed by atoms with E-state index in [-0.39, 0.29) is 5.41 Å². The molecule has 1 saturated carbocycles. The average Bonchev–Trinajstić information content (AvgIpc) is 3.10. The SMILES string of the molecule is CN(c1cc(NN)nc(C(C)(C)C)n1)C1CC1. The first-order valence-corrected chi connectivity index (χ1v) is 6.01. The van der Waals surface area contributed by atoms with Crippen molar-refractivity contribution in [3.63, 3.8) is 0 Å². The largest absolute Gasteiger partial charge is 0.357 e. The molecule has 0 aromatic carbocycles. The van der Waals surface area contributed by atoms with E-state index < -0.39 is 0 Å². The predicted octanol–water partition coefficient (Wildman–Crippen LogP) is 1.66. The summed E-state index contributed by atoms with van der Waals surface area (Å²) >= 11 is 0. The van der Waals surface area contributed by atoms with Gasteiger partial charge in [0.2, 0.25) is 0 Å². The molecule has 0 bridgehead atoms. The zero-order valence-electron chi connectivity index (χ0n) is 11.0. The highest BCUT2D eigenvalue weighted by molar-refractivity contribution is 5.50. The van der Waals surface area contributed by atoms with E-state index in [2.05, 4.69) is 48.1 Å². The zero-order chi connectivity index (χ0) is 12.6. The van der Waals surface area contributed by atoms with Crippen LogP contribution < -0.4 is 16.2 Å². The lowest BCUT2D eigenvalue weighted by Gasteiger charge is -2.22. The van der Waals surface area contributed by atoms with Gasteiger partial charge in [-0.2, -0.15) is 0 Å². The van der Waals surface area contributed by atoms with Crippen molar-refractivity contribution in [2.24, 2.45) is 5.84 Å². The van der Waals surface area contributed by atoms with Crippen LogP contribution >= 0.6 is 0 Å². The van der Waals surface area contributed by atoms with Crippen LogP contribution in [-0.2, 0) is 5.41 Å². The van der Waals surface area contributed by atoms with Gasteiger partial charge in [-0.15, -0.1) is 0 Å². The lowest BCUT2D eigenvalue weighted by atomic mass is 9.96. The molecule has 0 amide bonds. The minimum absolute atomic E-state index is 0.0774. The molecule has 0 spiro atoms. The van der Waals surface area contributed by atoms with E-state index in [1.54, 1.807) is 0 Å². The van der Waals surface area contributed by atoms with Gasteiger partial charge in [0.05, 0.1) is 0 Å². The van der Waals surface area contributed by atoms with Crippen molar-refractivity contribution in [2.75, 3.05) is 17.4 Å². The Labute approximate surface area is 102 Å². The Hall–Kier alpha value is -1.36. The Kier molecular flexibility index (Phi) is 2.95. The fraction of sp³-hybridized carbons (Fsp3) is 0.667. The molecule has 1 aliphatic carbocycles. The number of hydrogen-bond donors (Lipinski definition) is 2. The molecule has 3 N–H and O–H groups in total. The van der Waals surface area contributed by atoms with Crippen molar-refractivity contribution in [1.82, 2.24) is 9.97 Å². The molecule has 1 aliphatic rings. The first-order chi connectivity index (χ1) is 7.91. The van der Waals surface area contributed by atoms with Gasteiger partial charge in [-0.1, -0.05) is 20.8 Å². The van der Waals surface area contributed by atoms with Gasteiger partial charge < -0.3 is 10.3 Å². The van der Waals surface area contributed by atoms with E-state index in [0.29, 0.717) is 11.9 Å². The maximum Gasteiger partial charge on any atom is 0.145 e. The number of nitrogens with two attached hydrogens (primary N) is 1. The highest BCUT2D eigenvalue weighted by Crippen LogP contribution is 2.31. The molecule has 0 aliphatic heterocycles. The first-order valence-electron chi connectivity index (χ1n) is 6.01. The van der Waals surface area contributed by atoms with Crippen LogP contribution in [-0.4, -0.2) is 23.1 Å². The lowest BCUT2D eigenvalue weighted by molar-refractivity contribution is 0.545. The predicted molar refractivity (Wildman–Crippen MR) is 70.0 cm³/mol. The molecule has 2 rings (SSSR count). The zero-order valence-corrected chi connectivity index (χ0v) is 11.0. The third-order valence-corrected chi connectivity index (χ3v) is 2.99. The summed E-state index contributed by atoms with van der Waals surface area (Å²) in [6.45, 7) is 6.30. The second kappa shape index (κ2) is 4.14. The number of anilines is 2. The molecule has 0 saturated heterocycles. The van der Waals surface area contributed by atoms with E-state index in [4.69, 9.17) is 5.84 Å². The molecule has 1 fully saturated rings. The summed E-state index contributed by atoms with van der Waals surface area (Å²) in [6, 6.07) is 2.52. The first kappa shape index (κ1) is 12.1. The van der Waals surface area contributed by atoms with Crippen LogP contribution in [0, 0.1) is 0 Å². The van der Waals surface area contributed by atoms with E-state index in [1.807, 2.05) is 6.07 Å². The Morgan fingerprint density at radius 3 is 2.47 bits per heavy atom. The number of nitrogens with one attached hydrogen (secondary N) is 1. The van der Waals surface area contributed by atoms with Crippen LogP contribution in [0.4, 0.5) is 11.6 Å². The van der Waals surface area contributed by atoms with Gasteiger partial charge in [0.25, 0.3) is 0 Å². The van der Waals surface area contributed by atoms with E-state index in [9.17, 15) is 0 Å². The third-order valence-electron chi connectivity index (χ3n) is 2.99. The molecule has 5 nitrogen and oxygen atoms in total. The molecule has 94 valence electrons. The van der Waals surface area contributed by atoms with Gasteiger partial charge >= 0.3 is 0 Å². The molecule has 1 aromatic heterocycles. The van der Waals surface area contributed by atoms with E-state index >= 15 is 0 Å². The van der Waals surface area contributed by atoms with Gasteiger partial charge in [0.15, 0.2) is 0 Å². The summed E-state index contributed by atoms with van der Waals surface area (Å²) in [5, 5.41) is 0. The maximum absolute atomic E-state index is 5.46. The highest BCUT2D eigenvalue weighted by Gasteiger charge is 2.28. The maximum atomic E-state index is 5.46. The van der Waals surface area contributed by atoms with Gasteiger partial charge in [0.1, 0.15) is 17.5 Å². The molecule has 0 atom stereocenters. The minimum atomic E-state index is -0.0774. The average molecular weight is 235 g/mol. The van der Waals surface area contributed by atoms with Crippen molar-refractivity contribution in [3.8, 4) is 0 Å². The van der Waals surface area contributed by atoms with Crippen LogP contribution in [0.5, 0.6) is 0 Å². The molecule has 0 unspecified atom stereocenters. The van der Waals surface area contributed by atoms with Crippen LogP contribution in [0.25, 0.3) is 0 Å². The standard InChI is InChI=1S/C12H21N5/c1-12(2,3)11-14-9(16-13)7-10(15-11)17(4)8-5-6-8/h7-8H,5-6,13H2,1-4H3,(H,14,15,16). The number of nitrogens with zero attached hydrogens (tertiary/aromatic N) is 3. The summed E-state index contributed by atoms with van der Waals surface area (Å²) in [6.07, 6.45) is 2.49. The molecule has 17 heavy (non-hydrogen) atoms. The van der Waals surface area contributed by atoms with Crippen molar-refractivity contribution >= 4 is 11.6 Å². The Morgan fingerprint density at radius 2 is 2.00 bits per heavy atom. The van der Waals surface area contributed by atoms with Gasteiger partial charge in [-0.05, 0) is 12.8 Å². The summed E-state index contributed by atoms with van der Waals surface area (Å²) < 4.78 is 0. The number of aromatic nitrogens is 2. The number of rotatable bonds is 3. The molecule has 0 radical (unpaired) electrons. The van der Waals surface area contributed by atoms with Crippen LogP contribution in [0.2, 0.25) is 0 Å². The van der Waals surface area contributed by atoms with Gasteiger partial charge in [0, 0.05) is 24.6 Å². The molecular formula is C12H21N5. The molecule has 1 aromatic rings. The Bertz CT molecular complexity index is 406. The summed E-state index contributed by atoms with van der Waals surface area (Å²) in [5.41, 5.74) is 2.54. The second-order valence-electron chi connectivity index (χ2n) is 5.67. The van der Waals surface area contributed by atoms with Crippen molar-refractivity contribution in [2.45, 2.75) is 45.1 Å². The fourth-order valence-electron chi connectivity index (χ4n) is 1.67. The Morgan fingerprint density at radius 1 is 1.35 bits per heavy atom. The second-order valence-corrected chi connectivity index (χ2v) is 5.67. The number of nitrogen functional groups attached to an aromatic ring is 1. The molecule has 1 heterocycles. The monoisotopic (exact) mass is 235 g/mol. The smallest absolute Gasteiger partial charge is 0.145 e. The van der Waals surface area contributed by atoms with Gasteiger partial charge in [-0.25, -0.2) is 15.8 Å². The van der Waals surface area contributed by atoms with Gasteiger partial charge in [-0.3, -0.25) is 0 Å². The lowest BCUT2D eigenvalue weighted by Crippen LogP contribution is -2.25. The van der Waals surface area contributed by atoms with Crippen molar-refractivity contribution in [1.29, 1.82) is 0 Å². The summed E-state index contributed by atoms with van der Waals surface area (Å²) in [5.74, 6) is 7.90. The van der Waals surface area contributed by atoms with Crippen LogP contribution in [0.15, 0.2) is 6.07 Å². The molecule has 5 heteroatoms. The van der Waals surface area contributed by atoms with E-state index in [1.165, 1.54) is 12.8 Å². The van der Waals surface area contributed by atoms with Crippen molar-refractivity contribution < 1.29 is 0 Å². The minimum Gasteiger partial charge on any atom is -0.357 e. The topological polar surface area (TPSA) is 67.1 Å². The number of hydrogen-bond acceptors (Lipinski definition) is 5. The Balaban J connectivity index is 2.37. The van der Waals surface area contributed by atoms with Crippen molar-refractivity contribution in [3.05, 3.63) is 11.9 Å². The number of hydrazine groups is 1. The summed E-state index contributed by atoms with van der Waals surface area (Å²) in [7, 11) is 2.08.